The SMILES string of the molecule is O=C(NCc1ccccc1)c1ccc(C2CC2NCc2ccccc2)cc1. The molecule has 0 aliphatic heterocycles. The Labute approximate surface area is 160 Å². The van der Waals surface area contributed by atoms with E-state index in [9.17, 15) is 4.79 Å². The number of hydrogen-bond acceptors (Lipinski definition) is 2. The lowest BCUT2D eigenvalue weighted by atomic mass is 10.1. The molecule has 0 radical (unpaired) electrons. The van der Waals surface area contributed by atoms with E-state index >= 15 is 0 Å². The summed E-state index contributed by atoms with van der Waals surface area (Å²) in [5.41, 5.74) is 4.44. The van der Waals surface area contributed by atoms with Crippen molar-refractivity contribution in [2.45, 2.75) is 31.5 Å². The van der Waals surface area contributed by atoms with Gasteiger partial charge in [-0.2, -0.15) is 0 Å². The van der Waals surface area contributed by atoms with Crippen LogP contribution in [0.4, 0.5) is 0 Å². The van der Waals surface area contributed by atoms with Crippen molar-refractivity contribution < 1.29 is 4.79 Å². The molecule has 1 saturated carbocycles. The van der Waals surface area contributed by atoms with Crippen LogP contribution in [0.1, 0.15) is 39.4 Å². The van der Waals surface area contributed by atoms with Gasteiger partial charge in [-0.3, -0.25) is 4.79 Å². The van der Waals surface area contributed by atoms with E-state index in [1.807, 2.05) is 48.5 Å². The molecule has 2 unspecified atom stereocenters. The van der Waals surface area contributed by atoms with Crippen molar-refractivity contribution in [3.63, 3.8) is 0 Å². The van der Waals surface area contributed by atoms with Gasteiger partial charge in [0.25, 0.3) is 5.91 Å². The van der Waals surface area contributed by atoms with Gasteiger partial charge in [0, 0.05) is 30.6 Å². The monoisotopic (exact) mass is 356 g/mol. The molecule has 3 nitrogen and oxygen atoms in total. The van der Waals surface area contributed by atoms with Gasteiger partial charge in [0.15, 0.2) is 0 Å². The quantitative estimate of drug-likeness (QED) is 0.664. The van der Waals surface area contributed by atoms with Gasteiger partial charge in [0.05, 0.1) is 0 Å². The first-order valence-corrected chi connectivity index (χ1v) is 9.49. The van der Waals surface area contributed by atoms with E-state index in [0.29, 0.717) is 24.1 Å². The number of carbonyl (C=O) groups is 1. The van der Waals surface area contributed by atoms with Crippen LogP contribution in [0.5, 0.6) is 0 Å². The maximum atomic E-state index is 12.3. The molecule has 2 N–H and O–H groups in total. The molecule has 0 bridgehead atoms. The van der Waals surface area contributed by atoms with Gasteiger partial charge in [-0.15, -0.1) is 0 Å². The zero-order valence-corrected chi connectivity index (χ0v) is 15.3. The zero-order chi connectivity index (χ0) is 18.5. The molecule has 1 amide bonds. The molecule has 0 aromatic heterocycles. The van der Waals surface area contributed by atoms with Gasteiger partial charge in [-0.25, -0.2) is 0 Å². The fourth-order valence-corrected chi connectivity index (χ4v) is 3.40. The summed E-state index contributed by atoms with van der Waals surface area (Å²) in [5.74, 6) is 0.523. The summed E-state index contributed by atoms with van der Waals surface area (Å²) < 4.78 is 0. The molecule has 0 saturated heterocycles. The molecule has 3 heteroatoms. The van der Waals surface area contributed by atoms with Crippen molar-refractivity contribution >= 4 is 5.91 Å². The lowest BCUT2D eigenvalue weighted by Gasteiger charge is -2.07. The third-order valence-electron chi connectivity index (χ3n) is 5.10. The van der Waals surface area contributed by atoms with Crippen LogP contribution in [0.15, 0.2) is 84.9 Å². The Morgan fingerprint density at radius 1 is 0.778 bits per heavy atom. The maximum absolute atomic E-state index is 12.3. The smallest absolute Gasteiger partial charge is 0.251 e. The van der Waals surface area contributed by atoms with Gasteiger partial charge in [0.2, 0.25) is 0 Å². The zero-order valence-electron chi connectivity index (χ0n) is 15.3. The van der Waals surface area contributed by atoms with E-state index in [-0.39, 0.29) is 5.91 Å². The molecule has 0 heterocycles. The summed E-state index contributed by atoms with van der Waals surface area (Å²) in [6.45, 7) is 1.46. The van der Waals surface area contributed by atoms with Crippen LogP contribution in [0.3, 0.4) is 0 Å². The molecule has 27 heavy (non-hydrogen) atoms. The Bertz CT molecular complexity index is 875. The molecule has 4 rings (SSSR count). The summed E-state index contributed by atoms with van der Waals surface area (Å²) in [5, 5.41) is 6.59. The molecule has 136 valence electrons. The molecule has 1 aliphatic carbocycles. The molecule has 1 fully saturated rings. The average molecular weight is 356 g/mol. The van der Waals surface area contributed by atoms with Crippen molar-refractivity contribution in [3.05, 3.63) is 107 Å². The fourth-order valence-electron chi connectivity index (χ4n) is 3.40. The van der Waals surface area contributed by atoms with Gasteiger partial charge in [-0.05, 0) is 35.2 Å². The molecule has 1 aliphatic rings. The predicted octanol–water partition coefficient (Wildman–Crippen LogP) is 4.26. The summed E-state index contributed by atoms with van der Waals surface area (Å²) in [7, 11) is 0. The molecular formula is C24H24N2O. The van der Waals surface area contributed by atoms with Crippen LogP contribution < -0.4 is 10.6 Å². The van der Waals surface area contributed by atoms with Gasteiger partial charge in [0.1, 0.15) is 0 Å². The Morgan fingerprint density at radius 3 is 2.00 bits per heavy atom. The average Bonchev–Trinajstić information content (AvgIpc) is 3.52. The van der Waals surface area contributed by atoms with Crippen molar-refractivity contribution in [1.29, 1.82) is 0 Å². The Balaban J connectivity index is 1.27. The van der Waals surface area contributed by atoms with Gasteiger partial charge >= 0.3 is 0 Å². The molecule has 3 aromatic rings. The summed E-state index contributed by atoms with van der Waals surface area (Å²) in [4.78, 5) is 12.3. The number of hydrogen-bond donors (Lipinski definition) is 2. The highest BCUT2D eigenvalue weighted by atomic mass is 16.1. The Hall–Kier alpha value is -2.91. The summed E-state index contributed by atoms with van der Waals surface area (Å²) in [6.07, 6.45) is 1.16. The van der Waals surface area contributed by atoms with Crippen LogP contribution in [0, 0.1) is 0 Å². The Morgan fingerprint density at radius 2 is 1.37 bits per heavy atom. The van der Waals surface area contributed by atoms with Crippen LogP contribution in [0.2, 0.25) is 0 Å². The second-order valence-electron chi connectivity index (χ2n) is 7.11. The number of nitrogens with one attached hydrogen (secondary N) is 2. The minimum absolute atomic E-state index is 0.0278. The summed E-state index contributed by atoms with van der Waals surface area (Å²) >= 11 is 0. The normalized spacial score (nSPS) is 18.1. The first kappa shape index (κ1) is 17.5. The Kier molecular flexibility index (Phi) is 5.31. The van der Waals surface area contributed by atoms with Crippen LogP contribution in [-0.4, -0.2) is 11.9 Å². The molecular weight excluding hydrogens is 332 g/mol. The second-order valence-corrected chi connectivity index (χ2v) is 7.11. The lowest BCUT2D eigenvalue weighted by molar-refractivity contribution is 0.0951. The van der Waals surface area contributed by atoms with Crippen LogP contribution in [-0.2, 0) is 13.1 Å². The predicted molar refractivity (Wildman–Crippen MR) is 108 cm³/mol. The number of rotatable bonds is 7. The highest BCUT2D eigenvalue weighted by molar-refractivity contribution is 5.94. The number of amides is 1. The van der Waals surface area contributed by atoms with E-state index in [4.69, 9.17) is 0 Å². The molecule has 3 aromatic carbocycles. The van der Waals surface area contributed by atoms with Crippen LogP contribution >= 0.6 is 0 Å². The minimum atomic E-state index is -0.0278. The summed E-state index contributed by atoms with van der Waals surface area (Å²) in [6, 6.07) is 29.0. The first-order chi connectivity index (χ1) is 13.3. The minimum Gasteiger partial charge on any atom is -0.348 e. The maximum Gasteiger partial charge on any atom is 0.251 e. The van der Waals surface area contributed by atoms with Crippen molar-refractivity contribution in [1.82, 2.24) is 10.6 Å². The van der Waals surface area contributed by atoms with Gasteiger partial charge in [-0.1, -0.05) is 72.8 Å². The lowest BCUT2D eigenvalue weighted by Crippen LogP contribution is -2.22. The third kappa shape index (κ3) is 4.63. The highest BCUT2D eigenvalue weighted by Gasteiger charge is 2.37. The first-order valence-electron chi connectivity index (χ1n) is 9.49. The second kappa shape index (κ2) is 8.19. The van der Waals surface area contributed by atoms with E-state index in [1.54, 1.807) is 0 Å². The third-order valence-corrected chi connectivity index (χ3v) is 5.10. The number of carbonyl (C=O) groups excluding carboxylic acids is 1. The van der Waals surface area contributed by atoms with Gasteiger partial charge < -0.3 is 10.6 Å². The molecule has 2 atom stereocenters. The van der Waals surface area contributed by atoms with Crippen LogP contribution in [0.25, 0.3) is 0 Å². The van der Waals surface area contributed by atoms with E-state index < -0.39 is 0 Å². The van der Waals surface area contributed by atoms with E-state index in [2.05, 4.69) is 47.0 Å². The highest BCUT2D eigenvalue weighted by Crippen LogP contribution is 2.40. The number of benzene rings is 3. The van der Waals surface area contributed by atoms with Crippen molar-refractivity contribution in [2.75, 3.05) is 0 Å². The topological polar surface area (TPSA) is 41.1 Å². The van der Waals surface area contributed by atoms with Crippen molar-refractivity contribution in [3.8, 4) is 0 Å². The van der Waals surface area contributed by atoms with Crippen molar-refractivity contribution in [2.24, 2.45) is 0 Å². The van der Waals surface area contributed by atoms with E-state index in [1.165, 1.54) is 11.1 Å². The van der Waals surface area contributed by atoms with E-state index in [0.717, 1.165) is 18.5 Å². The standard InChI is InChI=1S/C24H24N2O/c27-24(26-17-19-9-5-2-6-10-19)21-13-11-20(12-14-21)22-15-23(22)25-16-18-7-3-1-4-8-18/h1-14,22-23,25H,15-17H2,(H,26,27). The molecule has 0 spiro atoms. The fraction of sp³-hybridized carbons (Fsp3) is 0.208. The largest absolute Gasteiger partial charge is 0.348 e.